The van der Waals surface area contributed by atoms with Gasteiger partial charge in [-0.1, -0.05) is 35.4 Å². The number of hydrogen-bond acceptors (Lipinski definition) is 0. The van der Waals surface area contributed by atoms with Crippen molar-refractivity contribution in [1.29, 1.82) is 0 Å². The molecule has 0 nitrogen and oxygen atoms in total. The molecule has 0 N–H and O–H groups in total. The van der Waals surface area contributed by atoms with Crippen molar-refractivity contribution in [1.82, 2.24) is 0 Å². The van der Waals surface area contributed by atoms with Crippen molar-refractivity contribution in [2.45, 2.75) is 20.3 Å². The lowest BCUT2D eigenvalue weighted by Crippen LogP contribution is -1.91. The zero-order valence-corrected chi connectivity index (χ0v) is 9.99. The van der Waals surface area contributed by atoms with E-state index >= 15 is 0 Å². The Hall–Kier alpha value is -0.460. The van der Waals surface area contributed by atoms with Crippen LogP contribution in [0.3, 0.4) is 0 Å². The fourth-order valence-corrected chi connectivity index (χ4v) is 1.81. The summed E-state index contributed by atoms with van der Waals surface area (Å²) < 4.78 is 0. The van der Waals surface area contributed by atoms with Crippen molar-refractivity contribution < 1.29 is 0 Å². The van der Waals surface area contributed by atoms with E-state index in [0.29, 0.717) is 5.88 Å². The Labute approximate surface area is 95.5 Å². The van der Waals surface area contributed by atoms with Gasteiger partial charge in [0, 0.05) is 10.9 Å². The number of benzene rings is 1. The van der Waals surface area contributed by atoms with Gasteiger partial charge in [0.1, 0.15) is 0 Å². The molecule has 0 saturated heterocycles. The molecule has 0 amide bonds. The number of rotatable bonds is 3. The van der Waals surface area contributed by atoms with Crippen molar-refractivity contribution >= 4 is 23.2 Å². The summed E-state index contributed by atoms with van der Waals surface area (Å²) >= 11 is 11.7. The first-order valence-corrected chi connectivity index (χ1v) is 5.52. The van der Waals surface area contributed by atoms with Crippen molar-refractivity contribution in [3.05, 3.63) is 46.0 Å². The van der Waals surface area contributed by atoms with E-state index in [4.69, 9.17) is 23.2 Å². The average Bonchev–Trinajstić information content (AvgIpc) is 2.13. The van der Waals surface area contributed by atoms with Gasteiger partial charge in [0.15, 0.2) is 0 Å². The molecule has 2 heteroatoms. The minimum Gasteiger partial charge on any atom is -0.122 e. The Kier molecular flexibility index (Phi) is 4.50. The highest BCUT2D eigenvalue weighted by atomic mass is 35.5. The molecule has 0 spiro atoms. The summed E-state index contributed by atoms with van der Waals surface area (Å²) in [5.41, 5.74) is 3.72. The molecule has 14 heavy (non-hydrogen) atoms. The lowest BCUT2D eigenvalue weighted by atomic mass is 10.0. The standard InChI is InChI=1S/C12H14Cl2/c1-9(6-7-13)8-11-4-3-5-12(14)10(11)2/h3-6H,7-8H2,1-2H3/b9-6+. The van der Waals surface area contributed by atoms with Gasteiger partial charge in [-0.05, 0) is 37.5 Å². The van der Waals surface area contributed by atoms with E-state index in [9.17, 15) is 0 Å². The number of alkyl halides is 1. The average molecular weight is 229 g/mol. The first-order chi connectivity index (χ1) is 6.65. The van der Waals surface area contributed by atoms with Crippen LogP contribution in [0, 0.1) is 6.92 Å². The molecular formula is C12H14Cl2. The predicted octanol–water partition coefficient (Wildman–Crippen LogP) is 4.38. The molecule has 0 heterocycles. The van der Waals surface area contributed by atoms with Gasteiger partial charge in [-0.3, -0.25) is 0 Å². The molecule has 0 aliphatic heterocycles. The summed E-state index contributed by atoms with van der Waals surface area (Å²) in [7, 11) is 0. The first kappa shape index (κ1) is 11.6. The third-order valence-electron chi connectivity index (χ3n) is 2.27. The Morgan fingerprint density at radius 2 is 2.14 bits per heavy atom. The lowest BCUT2D eigenvalue weighted by Gasteiger charge is -2.07. The highest BCUT2D eigenvalue weighted by Gasteiger charge is 2.02. The predicted molar refractivity (Wildman–Crippen MR) is 64.4 cm³/mol. The van der Waals surface area contributed by atoms with Gasteiger partial charge < -0.3 is 0 Å². The Bertz CT molecular complexity index is 340. The fourth-order valence-electron chi connectivity index (χ4n) is 1.35. The SMILES string of the molecule is C/C(=C\CCl)Cc1cccc(Cl)c1C. The van der Waals surface area contributed by atoms with Gasteiger partial charge in [-0.2, -0.15) is 0 Å². The molecule has 0 unspecified atom stereocenters. The zero-order chi connectivity index (χ0) is 10.6. The maximum absolute atomic E-state index is 6.03. The Balaban J connectivity index is 2.87. The van der Waals surface area contributed by atoms with Crippen LogP contribution in [0.25, 0.3) is 0 Å². The summed E-state index contributed by atoms with van der Waals surface area (Å²) in [4.78, 5) is 0. The monoisotopic (exact) mass is 228 g/mol. The van der Waals surface area contributed by atoms with Gasteiger partial charge >= 0.3 is 0 Å². The minimum atomic E-state index is 0.575. The molecule has 0 bridgehead atoms. The molecule has 0 saturated carbocycles. The number of hydrogen-bond donors (Lipinski definition) is 0. The molecule has 1 aromatic carbocycles. The van der Waals surface area contributed by atoms with Gasteiger partial charge in [0.05, 0.1) is 0 Å². The lowest BCUT2D eigenvalue weighted by molar-refractivity contribution is 1.11. The van der Waals surface area contributed by atoms with Crippen LogP contribution in [-0.4, -0.2) is 5.88 Å². The number of allylic oxidation sites excluding steroid dienone is 2. The van der Waals surface area contributed by atoms with Crippen LogP contribution >= 0.6 is 23.2 Å². The van der Waals surface area contributed by atoms with Crippen LogP contribution in [0.5, 0.6) is 0 Å². The second-order valence-corrected chi connectivity index (χ2v) is 4.12. The normalized spacial score (nSPS) is 11.9. The van der Waals surface area contributed by atoms with Crippen molar-refractivity contribution in [2.75, 3.05) is 5.88 Å². The van der Waals surface area contributed by atoms with Crippen molar-refractivity contribution in [3.63, 3.8) is 0 Å². The topological polar surface area (TPSA) is 0 Å². The van der Waals surface area contributed by atoms with Crippen molar-refractivity contribution in [3.8, 4) is 0 Å². The largest absolute Gasteiger partial charge is 0.122 e. The molecule has 1 aromatic rings. The van der Waals surface area contributed by atoms with Gasteiger partial charge in [-0.25, -0.2) is 0 Å². The third-order valence-corrected chi connectivity index (χ3v) is 2.84. The Morgan fingerprint density at radius 3 is 2.79 bits per heavy atom. The smallest absolute Gasteiger partial charge is 0.0438 e. The molecule has 0 aromatic heterocycles. The molecular weight excluding hydrogens is 215 g/mol. The second-order valence-electron chi connectivity index (χ2n) is 3.41. The molecule has 76 valence electrons. The quantitative estimate of drug-likeness (QED) is 0.533. The van der Waals surface area contributed by atoms with Gasteiger partial charge in [-0.15, -0.1) is 11.6 Å². The molecule has 0 radical (unpaired) electrons. The summed E-state index contributed by atoms with van der Waals surface area (Å²) in [6.07, 6.45) is 2.96. The molecule has 0 fully saturated rings. The van der Waals surface area contributed by atoms with E-state index in [2.05, 4.69) is 13.0 Å². The van der Waals surface area contributed by atoms with Crippen LogP contribution in [0.15, 0.2) is 29.8 Å². The van der Waals surface area contributed by atoms with Crippen molar-refractivity contribution in [2.24, 2.45) is 0 Å². The second kappa shape index (κ2) is 5.43. The molecule has 0 aliphatic rings. The zero-order valence-electron chi connectivity index (χ0n) is 8.48. The molecule has 0 aliphatic carbocycles. The van der Waals surface area contributed by atoms with Crippen LogP contribution in [0.4, 0.5) is 0 Å². The molecule has 1 rings (SSSR count). The minimum absolute atomic E-state index is 0.575. The van der Waals surface area contributed by atoms with E-state index in [1.54, 1.807) is 0 Å². The van der Waals surface area contributed by atoms with Gasteiger partial charge in [0.2, 0.25) is 0 Å². The van der Waals surface area contributed by atoms with E-state index in [-0.39, 0.29) is 0 Å². The highest BCUT2D eigenvalue weighted by Crippen LogP contribution is 2.20. The summed E-state index contributed by atoms with van der Waals surface area (Å²) in [5.74, 6) is 0.575. The molecule has 0 atom stereocenters. The van der Waals surface area contributed by atoms with Crippen LogP contribution < -0.4 is 0 Å². The highest BCUT2D eigenvalue weighted by molar-refractivity contribution is 6.31. The first-order valence-electron chi connectivity index (χ1n) is 4.60. The van der Waals surface area contributed by atoms with Crippen LogP contribution in [0.2, 0.25) is 5.02 Å². The summed E-state index contributed by atoms with van der Waals surface area (Å²) in [5, 5.41) is 0.834. The van der Waals surface area contributed by atoms with Gasteiger partial charge in [0.25, 0.3) is 0 Å². The summed E-state index contributed by atoms with van der Waals surface area (Å²) in [6.45, 7) is 4.13. The van der Waals surface area contributed by atoms with E-state index in [1.165, 1.54) is 11.1 Å². The van der Waals surface area contributed by atoms with Crippen LogP contribution in [0.1, 0.15) is 18.1 Å². The fraction of sp³-hybridized carbons (Fsp3) is 0.333. The number of halogens is 2. The maximum atomic E-state index is 6.03. The van der Waals surface area contributed by atoms with E-state index in [1.807, 2.05) is 25.1 Å². The van der Waals surface area contributed by atoms with E-state index in [0.717, 1.165) is 17.0 Å². The summed E-state index contributed by atoms with van der Waals surface area (Å²) in [6, 6.07) is 6.01. The Morgan fingerprint density at radius 1 is 1.43 bits per heavy atom. The third kappa shape index (κ3) is 3.04. The maximum Gasteiger partial charge on any atom is 0.0438 e. The van der Waals surface area contributed by atoms with E-state index < -0.39 is 0 Å². The van der Waals surface area contributed by atoms with Crippen LogP contribution in [-0.2, 0) is 6.42 Å².